The third-order valence-corrected chi connectivity index (χ3v) is 1.39. The van der Waals surface area contributed by atoms with Gasteiger partial charge in [-0.3, -0.25) is 0 Å². The first kappa shape index (κ1) is 22.2. The Bertz CT molecular complexity index is 196. The van der Waals surface area contributed by atoms with Gasteiger partial charge in [0.25, 0.3) is 0 Å². The second-order valence-corrected chi connectivity index (χ2v) is 6.13. The standard InChI is InChI=1S/2C2HCl3O2.Nd/c2*3-2(4,5)1(6)7;/h2*(H,6,7);/p-2. The van der Waals surface area contributed by atoms with Gasteiger partial charge in [0.05, 0.1) is 11.9 Å². The number of carboxylic acid groups (broad SMARTS) is 2. The molecule has 0 unspecified atom stereocenters. The molecule has 0 bridgehead atoms. The Balaban J connectivity index is -0.000000180. The van der Waals surface area contributed by atoms with E-state index in [1.54, 1.807) is 0 Å². The van der Waals surface area contributed by atoms with Crippen molar-refractivity contribution in [3.05, 3.63) is 0 Å². The fourth-order valence-electron chi connectivity index (χ4n) is 0. The second-order valence-electron chi connectivity index (χ2n) is 1.57. The summed E-state index contributed by atoms with van der Waals surface area (Å²) in [6.07, 6.45) is 0. The molecule has 88 valence electrons. The second kappa shape index (κ2) is 9.03. The first-order valence-electron chi connectivity index (χ1n) is 2.45. The van der Waals surface area contributed by atoms with Crippen LogP contribution in [-0.4, -0.2) is 19.5 Å². The third kappa shape index (κ3) is 16.0. The summed E-state index contributed by atoms with van der Waals surface area (Å²) in [6.45, 7) is 0. The molecule has 0 amide bonds. The summed E-state index contributed by atoms with van der Waals surface area (Å²) in [4.78, 5) is 19.0. The van der Waals surface area contributed by atoms with Crippen molar-refractivity contribution >= 4 is 81.5 Å². The van der Waals surface area contributed by atoms with E-state index >= 15 is 0 Å². The molecule has 0 aromatic carbocycles. The molecule has 4 nitrogen and oxygen atoms in total. The van der Waals surface area contributed by atoms with E-state index in [-0.39, 0.29) is 40.8 Å². The molecule has 0 fully saturated rings. The Kier molecular flexibility index (Phi) is 13.4. The minimum Gasteiger partial charge on any atom is -0.545 e. The summed E-state index contributed by atoms with van der Waals surface area (Å²) >= 11 is 28.4. The molecule has 0 spiro atoms. The van der Waals surface area contributed by atoms with Crippen LogP contribution in [0.1, 0.15) is 0 Å². The van der Waals surface area contributed by atoms with Gasteiger partial charge in [-0.1, -0.05) is 69.6 Å². The van der Waals surface area contributed by atoms with Gasteiger partial charge in [0.1, 0.15) is 0 Å². The Morgan fingerprint density at radius 3 is 0.800 bits per heavy atom. The van der Waals surface area contributed by atoms with Gasteiger partial charge >= 0.3 is 0 Å². The predicted octanol–water partition coefficient (Wildman–Crippen LogP) is 0.213. The largest absolute Gasteiger partial charge is 0.545 e. The van der Waals surface area contributed by atoms with Crippen molar-refractivity contribution in [1.29, 1.82) is 0 Å². The molecule has 0 aromatic heterocycles. The van der Waals surface area contributed by atoms with Crippen LogP contribution in [0.25, 0.3) is 0 Å². The summed E-state index contributed by atoms with van der Waals surface area (Å²) in [7, 11) is 0. The van der Waals surface area contributed by atoms with Gasteiger partial charge in [-0.15, -0.1) is 0 Å². The smallest absolute Gasteiger partial charge is 0.230 e. The third-order valence-electron chi connectivity index (χ3n) is 0.463. The van der Waals surface area contributed by atoms with Gasteiger partial charge in [-0.05, 0) is 0 Å². The molecule has 0 heterocycles. The average molecular weight is 469 g/mol. The summed E-state index contributed by atoms with van der Waals surface area (Å²) < 4.78 is -4.56. The molecule has 0 rings (SSSR count). The van der Waals surface area contributed by atoms with Crippen LogP contribution in [0.4, 0.5) is 0 Å². The topological polar surface area (TPSA) is 80.3 Å². The van der Waals surface area contributed by atoms with Crippen molar-refractivity contribution < 1.29 is 60.6 Å². The molecule has 0 aliphatic rings. The van der Waals surface area contributed by atoms with Crippen molar-refractivity contribution in [3.8, 4) is 0 Å². The summed E-state index contributed by atoms with van der Waals surface area (Å²) in [5, 5.41) is 19.0. The Morgan fingerprint density at radius 1 is 0.733 bits per heavy atom. The fourth-order valence-corrected chi connectivity index (χ4v) is 0. The van der Waals surface area contributed by atoms with Gasteiger partial charge < -0.3 is 19.8 Å². The predicted molar refractivity (Wildman–Crippen MR) is 50.6 cm³/mol. The van der Waals surface area contributed by atoms with Gasteiger partial charge in [0, 0.05) is 40.8 Å². The molecule has 0 saturated heterocycles. The van der Waals surface area contributed by atoms with Crippen LogP contribution >= 0.6 is 69.6 Å². The van der Waals surface area contributed by atoms with Crippen LogP contribution < -0.4 is 10.2 Å². The van der Waals surface area contributed by atoms with Crippen molar-refractivity contribution in [2.24, 2.45) is 0 Å². The van der Waals surface area contributed by atoms with Crippen molar-refractivity contribution in [3.63, 3.8) is 0 Å². The molecule has 0 saturated carbocycles. The number of rotatable bonds is 0. The minimum atomic E-state index is -2.28. The monoisotopic (exact) mass is 464 g/mol. The van der Waals surface area contributed by atoms with Gasteiger partial charge in [0.2, 0.25) is 7.59 Å². The number of hydrogen-bond donors (Lipinski definition) is 0. The number of aliphatic carboxylic acids is 2. The molecule has 0 aliphatic carbocycles. The molecular formula is C4Cl6NdO4-2. The molecule has 0 radical (unpaired) electrons. The molecule has 0 aromatic rings. The number of alkyl halides is 6. The van der Waals surface area contributed by atoms with Gasteiger partial charge in [0.15, 0.2) is 0 Å². The normalized spacial score (nSPS) is 10.5. The van der Waals surface area contributed by atoms with Crippen LogP contribution in [0, 0.1) is 40.8 Å². The molecular weight excluding hydrogens is 469 g/mol. The van der Waals surface area contributed by atoms with Crippen LogP contribution in [0.2, 0.25) is 0 Å². The van der Waals surface area contributed by atoms with Crippen LogP contribution in [0.5, 0.6) is 0 Å². The zero-order valence-corrected chi connectivity index (χ0v) is 14.1. The van der Waals surface area contributed by atoms with E-state index in [2.05, 4.69) is 0 Å². The summed E-state index contributed by atoms with van der Waals surface area (Å²) in [5.41, 5.74) is 0. The van der Waals surface area contributed by atoms with E-state index in [4.69, 9.17) is 69.6 Å². The van der Waals surface area contributed by atoms with Gasteiger partial charge in [-0.25, -0.2) is 0 Å². The van der Waals surface area contributed by atoms with Gasteiger partial charge in [-0.2, -0.15) is 0 Å². The Labute approximate surface area is 148 Å². The molecule has 0 atom stereocenters. The Morgan fingerprint density at radius 2 is 0.800 bits per heavy atom. The van der Waals surface area contributed by atoms with E-state index in [0.29, 0.717) is 0 Å². The van der Waals surface area contributed by atoms with E-state index in [0.717, 1.165) is 0 Å². The number of hydrogen-bond acceptors (Lipinski definition) is 4. The number of carboxylic acids is 2. The summed E-state index contributed by atoms with van der Waals surface area (Å²) in [6, 6.07) is 0. The van der Waals surface area contributed by atoms with E-state index < -0.39 is 19.5 Å². The maximum Gasteiger partial charge on any atom is 0.230 e. The van der Waals surface area contributed by atoms with E-state index in [9.17, 15) is 19.8 Å². The Hall–Kier alpha value is 2.03. The molecule has 11 heteroatoms. The van der Waals surface area contributed by atoms with Crippen molar-refractivity contribution in [1.82, 2.24) is 0 Å². The minimum absolute atomic E-state index is 0. The zero-order chi connectivity index (χ0) is 12.2. The van der Waals surface area contributed by atoms with Crippen LogP contribution in [-0.2, 0) is 9.59 Å². The maximum absolute atomic E-state index is 9.51. The first-order chi connectivity index (χ1) is 5.89. The first-order valence-corrected chi connectivity index (χ1v) is 4.72. The average Bonchev–Trinajstić information content (AvgIpc) is 1.83. The number of carbonyl (C=O) groups is 2. The molecule has 0 aliphatic heterocycles. The van der Waals surface area contributed by atoms with Crippen molar-refractivity contribution in [2.75, 3.05) is 0 Å². The number of carbonyl (C=O) groups excluding carboxylic acids is 2. The maximum atomic E-state index is 9.51. The van der Waals surface area contributed by atoms with Crippen LogP contribution in [0.3, 0.4) is 0 Å². The SMILES string of the molecule is O=C([O-])C(Cl)(Cl)Cl.O=C([O-])C(Cl)(Cl)Cl.[Nd]. The van der Waals surface area contributed by atoms with E-state index in [1.807, 2.05) is 0 Å². The van der Waals surface area contributed by atoms with Crippen LogP contribution in [0.15, 0.2) is 0 Å². The summed E-state index contributed by atoms with van der Waals surface area (Å²) in [5.74, 6) is -3.42. The fraction of sp³-hybridized carbons (Fsp3) is 0.500. The number of halogens is 6. The van der Waals surface area contributed by atoms with Crippen molar-refractivity contribution in [2.45, 2.75) is 7.59 Å². The molecule has 0 N–H and O–H groups in total. The van der Waals surface area contributed by atoms with E-state index in [1.165, 1.54) is 0 Å². The zero-order valence-electron chi connectivity index (χ0n) is 6.40. The molecule has 15 heavy (non-hydrogen) atoms. The quantitative estimate of drug-likeness (QED) is 0.476.